The van der Waals surface area contributed by atoms with Gasteiger partial charge in [0.2, 0.25) is 11.8 Å². The molecule has 0 saturated carbocycles. The Balaban J connectivity index is 1.08. The molecule has 318 valence electrons. The van der Waals surface area contributed by atoms with Crippen LogP contribution in [0.3, 0.4) is 0 Å². The number of ether oxygens (including phenoxy) is 2. The lowest BCUT2D eigenvalue weighted by Crippen LogP contribution is -2.52. The van der Waals surface area contributed by atoms with Crippen LogP contribution in [0.5, 0.6) is 5.75 Å². The van der Waals surface area contributed by atoms with E-state index in [0.717, 1.165) is 38.9 Å². The van der Waals surface area contributed by atoms with Gasteiger partial charge < -0.3 is 24.4 Å². The molecule has 10 nitrogen and oxygen atoms in total. The molecule has 4 aliphatic heterocycles. The summed E-state index contributed by atoms with van der Waals surface area (Å²) in [6.45, 7) is 7.11. The molecule has 5 aromatic rings. The normalized spacial score (nSPS) is 23.4. The molecule has 4 heterocycles. The first-order valence-corrected chi connectivity index (χ1v) is 24.8. The number of hydrogen-bond donors (Lipinski definition) is 1. The van der Waals surface area contributed by atoms with E-state index in [0.29, 0.717) is 47.8 Å². The van der Waals surface area contributed by atoms with E-state index in [1.807, 2.05) is 97.1 Å². The zero-order valence-corrected chi connectivity index (χ0v) is 37.2. The van der Waals surface area contributed by atoms with Crippen LogP contribution in [-0.2, 0) is 44.2 Å². The minimum atomic E-state index is -2.58. The Morgan fingerprint density at radius 2 is 1.66 bits per heavy atom. The maximum Gasteiger partial charge on any atom is 0.264 e. The van der Waals surface area contributed by atoms with Crippen LogP contribution in [0.25, 0.3) is 0 Å². The second-order valence-electron chi connectivity index (χ2n) is 17.5. The van der Waals surface area contributed by atoms with Crippen molar-refractivity contribution in [1.82, 2.24) is 4.90 Å². The summed E-state index contributed by atoms with van der Waals surface area (Å²) in [4.78, 5) is 47.1. The molecule has 1 spiro atoms. The van der Waals surface area contributed by atoms with Crippen LogP contribution in [0.1, 0.15) is 54.0 Å². The van der Waals surface area contributed by atoms with Crippen molar-refractivity contribution >= 4 is 59.7 Å². The number of amides is 3. The van der Waals surface area contributed by atoms with Crippen LogP contribution in [0, 0.1) is 5.92 Å². The summed E-state index contributed by atoms with van der Waals surface area (Å²) >= 11 is 6.79. The molecule has 5 aromatic carbocycles. The molecule has 0 aromatic heterocycles. The quantitative estimate of drug-likeness (QED) is 0.143. The third-order valence-corrected chi connectivity index (χ3v) is 18.3. The number of aliphatic hydroxyl groups excluding tert-OH is 1. The topological polar surface area (TPSA) is 112 Å². The van der Waals surface area contributed by atoms with Gasteiger partial charge in [-0.05, 0) is 76.7 Å². The molecule has 1 N–H and O–H groups in total. The summed E-state index contributed by atoms with van der Waals surface area (Å²) in [6.07, 6.45) is 0.871. The van der Waals surface area contributed by atoms with E-state index in [1.54, 1.807) is 23.0 Å². The lowest BCUT2D eigenvalue weighted by atomic mass is 9.82. The molecular formula is C50H51ClN4O6Si. The van der Waals surface area contributed by atoms with Crippen molar-refractivity contribution in [2.24, 2.45) is 11.0 Å². The summed E-state index contributed by atoms with van der Waals surface area (Å²) in [5.41, 5.74) is 5.19. The highest BCUT2D eigenvalue weighted by molar-refractivity contribution is 6.91. The molecule has 0 unspecified atom stereocenters. The summed E-state index contributed by atoms with van der Waals surface area (Å²) in [5, 5.41) is 18.4. The van der Waals surface area contributed by atoms with Gasteiger partial charge in [0.05, 0.1) is 64.0 Å². The highest BCUT2D eigenvalue weighted by atomic mass is 35.5. The van der Waals surface area contributed by atoms with E-state index >= 15 is 4.79 Å². The molecule has 0 aliphatic carbocycles. The predicted octanol–water partition coefficient (Wildman–Crippen LogP) is 7.98. The van der Waals surface area contributed by atoms with Crippen molar-refractivity contribution in [3.8, 4) is 5.75 Å². The molecule has 9 rings (SSSR count). The summed E-state index contributed by atoms with van der Waals surface area (Å²) in [5.74, 6) is -0.0443. The molecule has 0 radical (unpaired) electrons. The first kappa shape index (κ1) is 41.7. The Morgan fingerprint density at radius 3 is 2.40 bits per heavy atom. The van der Waals surface area contributed by atoms with Crippen molar-refractivity contribution in [2.75, 3.05) is 23.6 Å². The van der Waals surface area contributed by atoms with Crippen LogP contribution in [0.15, 0.2) is 126 Å². The van der Waals surface area contributed by atoms with Crippen LogP contribution in [-0.4, -0.2) is 67.4 Å². The van der Waals surface area contributed by atoms with Crippen molar-refractivity contribution < 1.29 is 29.0 Å². The van der Waals surface area contributed by atoms with E-state index in [1.165, 1.54) is 5.01 Å². The maximum atomic E-state index is 15.6. The minimum Gasteiger partial charge on any atom is -0.497 e. The van der Waals surface area contributed by atoms with Crippen molar-refractivity contribution in [2.45, 2.75) is 82.1 Å². The van der Waals surface area contributed by atoms with E-state index in [9.17, 15) is 14.7 Å². The number of anilines is 2. The summed E-state index contributed by atoms with van der Waals surface area (Å²) in [6, 6.07) is 38.8. The minimum absolute atomic E-state index is 0.0442. The first-order valence-electron chi connectivity index (χ1n) is 21.4. The molecule has 4 aliphatic rings. The number of carbonyl (C=O) groups excluding carboxylic acids is 3. The van der Waals surface area contributed by atoms with Crippen LogP contribution < -0.4 is 19.8 Å². The SMILES string of the molecule is COc1ccc([Si](C)(C)[C@@H]2[C@@H](CC(=O)N3Cc4ccccc4C[C@H]3CO)O[C@]3(C(=O)N(Cc4cccc(N5N=C(c6ccccc6)CCC5=O)c4)c4ccc(Cl)cc43)[C@H]2C)cc1. The zero-order valence-electron chi connectivity index (χ0n) is 35.5. The molecule has 5 atom stereocenters. The summed E-state index contributed by atoms with van der Waals surface area (Å²) < 4.78 is 12.8. The average Bonchev–Trinajstić information content (AvgIpc) is 3.71. The van der Waals surface area contributed by atoms with Crippen LogP contribution in [0.4, 0.5) is 11.4 Å². The number of benzene rings is 5. The van der Waals surface area contributed by atoms with E-state index in [-0.39, 0.29) is 54.8 Å². The van der Waals surface area contributed by atoms with Gasteiger partial charge in [0.1, 0.15) is 5.75 Å². The fraction of sp³-hybridized carbons (Fsp3) is 0.320. The third kappa shape index (κ3) is 7.24. The van der Waals surface area contributed by atoms with E-state index in [4.69, 9.17) is 26.2 Å². The monoisotopic (exact) mass is 866 g/mol. The van der Waals surface area contributed by atoms with Crippen molar-refractivity contribution in [3.05, 3.63) is 154 Å². The number of carbonyl (C=O) groups is 3. The second-order valence-corrected chi connectivity index (χ2v) is 22.7. The number of hydrazone groups is 1. The Labute approximate surface area is 368 Å². The Hall–Kier alpha value is -5.59. The molecule has 0 bridgehead atoms. The van der Waals surface area contributed by atoms with Crippen LogP contribution in [0.2, 0.25) is 23.7 Å². The number of methoxy groups -OCH3 is 1. The molecule has 12 heteroatoms. The van der Waals surface area contributed by atoms with Gasteiger partial charge in [-0.1, -0.05) is 116 Å². The molecule has 1 fully saturated rings. The van der Waals surface area contributed by atoms with Gasteiger partial charge in [-0.2, -0.15) is 5.10 Å². The standard InChI is InChI=1S/C50H51ClN4O6Si/c1-32-48(62(3,4)41-20-18-40(60-2)19-21-41)45(28-47(58)53-30-36-15-9-8-14-35(36)26-39(53)31-56)61-50(32)42-27-37(51)17-23-44(42)54(49(50)59)29-33-11-10-16-38(25-33)55-46(57)24-22-43(52-55)34-12-6-5-7-13-34/h5-21,23,25,27,32,39,45,48,56H,22,24,26,28-31H2,1-4H3/t32-,39-,45+,48-,50+/m0/s1. The molecule has 1 saturated heterocycles. The number of fused-ring (bicyclic) bond motifs is 3. The highest BCUT2D eigenvalue weighted by Crippen LogP contribution is 2.60. The second kappa shape index (κ2) is 16.6. The third-order valence-electron chi connectivity index (χ3n) is 13.7. The Kier molecular flexibility index (Phi) is 11.2. The van der Waals surface area contributed by atoms with E-state index < -0.39 is 19.8 Å². The largest absolute Gasteiger partial charge is 0.497 e. The molecular weight excluding hydrogens is 816 g/mol. The predicted molar refractivity (Wildman–Crippen MR) is 245 cm³/mol. The Morgan fingerprint density at radius 1 is 0.919 bits per heavy atom. The number of halogens is 1. The smallest absolute Gasteiger partial charge is 0.264 e. The fourth-order valence-electron chi connectivity index (χ4n) is 10.5. The van der Waals surface area contributed by atoms with Crippen molar-refractivity contribution in [1.29, 1.82) is 0 Å². The van der Waals surface area contributed by atoms with Gasteiger partial charge in [0.25, 0.3) is 5.91 Å². The van der Waals surface area contributed by atoms with Gasteiger partial charge in [-0.25, -0.2) is 5.01 Å². The van der Waals surface area contributed by atoms with E-state index in [2.05, 4.69) is 38.2 Å². The van der Waals surface area contributed by atoms with Gasteiger partial charge in [-0.3, -0.25) is 14.4 Å². The van der Waals surface area contributed by atoms with Crippen molar-refractivity contribution in [3.63, 3.8) is 0 Å². The number of rotatable bonds is 10. The van der Waals surface area contributed by atoms with Gasteiger partial charge >= 0.3 is 0 Å². The zero-order chi connectivity index (χ0) is 43.3. The average molecular weight is 868 g/mol. The van der Waals surface area contributed by atoms with Gasteiger partial charge in [0.15, 0.2) is 5.60 Å². The maximum absolute atomic E-state index is 15.6. The summed E-state index contributed by atoms with van der Waals surface area (Å²) in [7, 11) is -0.933. The van der Waals surface area contributed by atoms with Gasteiger partial charge in [0, 0.05) is 35.9 Å². The highest BCUT2D eigenvalue weighted by Gasteiger charge is 2.66. The van der Waals surface area contributed by atoms with Gasteiger partial charge in [-0.15, -0.1) is 0 Å². The Bertz CT molecular complexity index is 2570. The van der Waals surface area contributed by atoms with Crippen LogP contribution >= 0.6 is 11.6 Å². The number of aliphatic hydroxyl groups is 1. The molecule has 3 amide bonds. The number of nitrogens with zero attached hydrogens (tertiary/aromatic N) is 4. The lowest BCUT2D eigenvalue weighted by Gasteiger charge is -2.39. The molecule has 62 heavy (non-hydrogen) atoms. The lowest BCUT2D eigenvalue weighted by molar-refractivity contribution is -0.151. The number of hydrogen-bond acceptors (Lipinski definition) is 7. The fourth-order valence-corrected chi connectivity index (χ4v) is 14.7. The first-order chi connectivity index (χ1) is 29.9.